The van der Waals surface area contributed by atoms with Crippen molar-refractivity contribution in [1.82, 2.24) is 5.32 Å². The molecule has 0 aromatic heterocycles. The van der Waals surface area contributed by atoms with Crippen LogP contribution in [0.2, 0.25) is 5.02 Å². The molecule has 2 aromatic carbocycles. The highest BCUT2D eigenvalue weighted by molar-refractivity contribution is 7.99. The van der Waals surface area contributed by atoms with Crippen molar-refractivity contribution in [3.05, 3.63) is 64.7 Å². The third-order valence-corrected chi connectivity index (χ3v) is 4.66. The fourth-order valence-corrected chi connectivity index (χ4v) is 3.26. The SMILES string of the molecule is CCSc1ccccc1C(=O)OCC(=O)N[C@H](C)c1cccc(Cl)c1. The maximum Gasteiger partial charge on any atom is 0.339 e. The fourth-order valence-electron chi connectivity index (χ4n) is 2.27. The molecule has 0 bridgehead atoms. The van der Waals surface area contributed by atoms with Gasteiger partial charge >= 0.3 is 5.97 Å². The Bertz CT molecular complexity index is 751. The van der Waals surface area contributed by atoms with E-state index >= 15 is 0 Å². The van der Waals surface area contributed by atoms with E-state index in [0.717, 1.165) is 16.2 Å². The summed E-state index contributed by atoms with van der Waals surface area (Å²) in [6, 6.07) is 14.2. The Balaban J connectivity index is 1.90. The van der Waals surface area contributed by atoms with E-state index in [2.05, 4.69) is 5.32 Å². The standard InChI is InChI=1S/C19H20ClNO3S/c1-3-25-17-10-5-4-9-16(17)19(23)24-12-18(22)21-13(2)14-7-6-8-15(20)11-14/h4-11,13H,3,12H2,1-2H3,(H,21,22)/t13-/m1/s1. The van der Waals surface area contributed by atoms with E-state index in [1.165, 1.54) is 0 Å². The predicted molar refractivity (Wildman–Crippen MR) is 101 cm³/mol. The number of esters is 1. The molecule has 0 aliphatic carbocycles. The average Bonchev–Trinajstić information content (AvgIpc) is 2.60. The predicted octanol–water partition coefficient (Wildman–Crippen LogP) is 4.49. The first-order chi connectivity index (χ1) is 12.0. The van der Waals surface area contributed by atoms with Crippen LogP contribution in [-0.2, 0) is 9.53 Å². The van der Waals surface area contributed by atoms with Gasteiger partial charge in [0.2, 0.25) is 0 Å². The van der Waals surface area contributed by atoms with Crippen molar-refractivity contribution < 1.29 is 14.3 Å². The van der Waals surface area contributed by atoms with Gasteiger partial charge in [0.05, 0.1) is 11.6 Å². The number of hydrogen-bond acceptors (Lipinski definition) is 4. The lowest BCUT2D eigenvalue weighted by atomic mass is 10.1. The minimum Gasteiger partial charge on any atom is -0.452 e. The van der Waals surface area contributed by atoms with E-state index in [1.807, 2.05) is 38.1 Å². The van der Waals surface area contributed by atoms with Crippen LogP contribution in [0.25, 0.3) is 0 Å². The molecule has 25 heavy (non-hydrogen) atoms. The van der Waals surface area contributed by atoms with Gasteiger partial charge in [-0.05, 0) is 42.5 Å². The summed E-state index contributed by atoms with van der Waals surface area (Å²) in [4.78, 5) is 25.1. The van der Waals surface area contributed by atoms with Gasteiger partial charge in [-0.15, -0.1) is 11.8 Å². The molecule has 0 saturated heterocycles. The highest BCUT2D eigenvalue weighted by atomic mass is 35.5. The summed E-state index contributed by atoms with van der Waals surface area (Å²) in [5, 5.41) is 3.40. The largest absolute Gasteiger partial charge is 0.452 e. The quantitative estimate of drug-likeness (QED) is 0.570. The summed E-state index contributed by atoms with van der Waals surface area (Å²) in [7, 11) is 0. The molecule has 0 aliphatic heterocycles. The molecule has 2 aromatic rings. The van der Waals surface area contributed by atoms with E-state index < -0.39 is 5.97 Å². The Labute approximate surface area is 156 Å². The van der Waals surface area contributed by atoms with E-state index in [0.29, 0.717) is 10.6 Å². The molecule has 0 radical (unpaired) electrons. The summed E-state index contributed by atoms with van der Waals surface area (Å²) in [6.45, 7) is 3.53. The van der Waals surface area contributed by atoms with Gasteiger partial charge in [-0.3, -0.25) is 4.79 Å². The Morgan fingerprint density at radius 1 is 1.20 bits per heavy atom. The molecule has 1 atom stereocenters. The number of rotatable bonds is 7. The van der Waals surface area contributed by atoms with Crippen LogP contribution in [0, 0.1) is 0 Å². The maximum absolute atomic E-state index is 12.2. The van der Waals surface area contributed by atoms with Gasteiger partial charge < -0.3 is 10.1 Å². The second-order valence-corrected chi connectivity index (χ2v) is 7.09. The zero-order chi connectivity index (χ0) is 18.2. The second-order valence-electron chi connectivity index (χ2n) is 5.35. The number of thioether (sulfide) groups is 1. The molecule has 1 N–H and O–H groups in total. The third-order valence-electron chi connectivity index (χ3n) is 3.47. The molecule has 0 heterocycles. The third kappa shape index (κ3) is 5.80. The molecule has 0 aliphatic rings. The van der Waals surface area contributed by atoms with Crippen LogP contribution in [0.5, 0.6) is 0 Å². The Kier molecular flexibility index (Phi) is 7.34. The van der Waals surface area contributed by atoms with Crippen molar-refractivity contribution in [2.45, 2.75) is 24.8 Å². The van der Waals surface area contributed by atoms with Crippen molar-refractivity contribution in [3.8, 4) is 0 Å². The number of carbonyl (C=O) groups is 2. The van der Waals surface area contributed by atoms with E-state index in [-0.39, 0.29) is 18.6 Å². The summed E-state index contributed by atoms with van der Waals surface area (Å²) in [5.41, 5.74) is 1.36. The molecular weight excluding hydrogens is 358 g/mol. The van der Waals surface area contributed by atoms with Gasteiger partial charge in [0.15, 0.2) is 6.61 Å². The van der Waals surface area contributed by atoms with Crippen LogP contribution >= 0.6 is 23.4 Å². The van der Waals surface area contributed by atoms with Crippen LogP contribution < -0.4 is 5.32 Å². The number of amides is 1. The van der Waals surface area contributed by atoms with Gasteiger partial charge in [0, 0.05) is 9.92 Å². The molecule has 0 spiro atoms. The van der Waals surface area contributed by atoms with Gasteiger partial charge in [0.25, 0.3) is 5.91 Å². The van der Waals surface area contributed by atoms with E-state index in [9.17, 15) is 9.59 Å². The van der Waals surface area contributed by atoms with Crippen molar-refractivity contribution in [3.63, 3.8) is 0 Å². The lowest BCUT2D eigenvalue weighted by Crippen LogP contribution is -2.31. The molecule has 4 nitrogen and oxygen atoms in total. The molecule has 0 unspecified atom stereocenters. The average molecular weight is 378 g/mol. The highest BCUT2D eigenvalue weighted by Gasteiger charge is 2.15. The van der Waals surface area contributed by atoms with Crippen LogP contribution in [0.3, 0.4) is 0 Å². The second kappa shape index (κ2) is 9.49. The van der Waals surface area contributed by atoms with Crippen molar-refractivity contribution in [1.29, 1.82) is 0 Å². The van der Waals surface area contributed by atoms with Crippen molar-refractivity contribution in [2.24, 2.45) is 0 Å². The topological polar surface area (TPSA) is 55.4 Å². The number of hydrogen-bond donors (Lipinski definition) is 1. The molecule has 0 fully saturated rings. The van der Waals surface area contributed by atoms with Gasteiger partial charge in [0.1, 0.15) is 0 Å². The highest BCUT2D eigenvalue weighted by Crippen LogP contribution is 2.23. The van der Waals surface area contributed by atoms with Gasteiger partial charge in [-0.2, -0.15) is 0 Å². The molecule has 132 valence electrons. The number of benzene rings is 2. The fraction of sp³-hybridized carbons (Fsp3) is 0.263. The van der Waals surface area contributed by atoms with E-state index in [4.69, 9.17) is 16.3 Å². The number of ether oxygens (including phenoxy) is 1. The lowest BCUT2D eigenvalue weighted by molar-refractivity contribution is -0.124. The first kappa shape index (κ1) is 19.3. The molecule has 6 heteroatoms. The zero-order valence-corrected chi connectivity index (χ0v) is 15.7. The monoisotopic (exact) mass is 377 g/mol. The van der Waals surface area contributed by atoms with Crippen molar-refractivity contribution in [2.75, 3.05) is 12.4 Å². The molecule has 0 saturated carbocycles. The minimum absolute atomic E-state index is 0.229. The summed E-state index contributed by atoms with van der Waals surface area (Å²) in [6.07, 6.45) is 0. The van der Waals surface area contributed by atoms with Crippen LogP contribution in [-0.4, -0.2) is 24.2 Å². The molecule has 1 amide bonds. The Morgan fingerprint density at radius 2 is 1.96 bits per heavy atom. The smallest absolute Gasteiger partial charge is 0.339 e. The normalized spacial score (nSPS) is 11.6. The van der Waals surface area contributed by atoms with Crippen molar-refractivity contribution >= 4 is 35.2 Å². The zero-order valence-electron chi connectivity index (χ0n) is 14.1. The maximum atomic E-state index is 12.2. The summed E-state index contributed by atoms with van der Waals surface area (Å²) < 4.78 is 5.15. The molecular formula is C19H20ClNO3S. The summed E-state index contributed by atoms with van der Waals surface area (Å²) >= 11 is 7.51. The minimum atomic E-state index is -0.498. The number of carbonyl (C=O) groups excluding carboxylic acids is 2. The Morgan fingerprint density at radius 3 is 2.68 bits per heavy atom. The first-order valence-corrected chi connectivity index (χ1v) is 9.31. The number of nitrogens with one attached hydrogen (secondary N) is 1. The van der Waals surface area contributed by atoms with Gasteiger partial charge in [-0.25, -0.2) is 4.79 Å². The van der Waals surface area contributed by atoms with Crippen LogP contribution in [0.4, 0.5) is 0 Å². The van der Waals surface area contributed by atoms with Gasteiger partial charge in [-0.1, -0.05) is 42.8 Å². The first-order valence-electron chi connectivity index (χ1n) is 7.95. The Hall–Kier alpha value is -1.98. The lowest BCUT2D eigenvalue weighted by Gasteiger charge is -2.15. The van der Waals surface area contributed by atoms with E-state index in [1.54, 1.807) is 36.0 Å². The number of halogens is 1. The van der Waals surface area contributed by atoms with Crippen LogP contribution in [0.1, 0.15) is 35.8 Å². The summed E-state index contributed by atoms with van der Waals surface area (Å²) in [5.74, 6) is -0.00868. The molecule has 2 rings (SSSR count). The van der Waals surface area contributed by atoms with Crippen LogP contribution in [0.15, 0.2) is 53.4 Å².